The minimum absolute atomic E-state index is 0.0418. The summed E-state index contributed by atoms with van der Waals surface area (Å²) in [5.74, 6) is 1.50. The van der Waals surface area contributed by atoms with Crippen molar-refractivity contribution in [3.63, 3.8) is 0 Å². The number of carbonyl (C=O) groups excluding carboxylic acids is 1. The molecule has 2 aliphatic heterocycles. The van der Waals surface area contributed by atoms with Gasteiger partial charge in [0.25, 0.3) is 0 Å². The lowest BCUT2D eigenvalue weighted by Gasteiger charge is -2.38. The van der Waals surface area contributed by atoms with Gasteiger partial charge in [0.15, 0.2) is 0 Å². The van der Waals surface area contributed by atoms with Gasteiger partial charge in [-0.2, -0.15) is 0 Å². The Morgan fingerprint density at radius 1 is 1.12 bits per heavy atom. The summed E-state index contributed by atoms with van der Waals surface area (Å²) >= 11 is 0. The summed E-state index contributed by atoms with van der Waals surface area (Å²) < 4.78 is 6.09. The number of amides is 1. The van der Waals surface area contributed by atoms with Crippen LogP contribution in [0.3, 0.4) is 0 Å². The molecule has 2 aromatic rings. The van der Waals surface area contributed by atoms with Gasteiger partial charge < -0.3 is 19.4 Å². The fourth-order valence-corrected chi connectivity index (χ4v) is 5.09. The van der Waals surface area contributed by atoms with Crippen molar-refractivity contribution in [3.05, 3.63) is 59.9 Å². The first-order valence-corrected chi connectivity index (χ1v) is 12.2. The topological polar surface area (TPSA) is 48.9 Å². The fourth-order valence-electron chi connectivity index (χ4n) is 5.09. The molecule has 3 atom stereocenters. The molecule has 3 heterocycles. The predicted octanol–water partition coefficient (Wildman–Crippen LogP) is 3.11. The number of carbonyl (C=O) groups is 1. The number of hydrogen-bond acceptors (Lipinski definition) is 5. The molecule has 2 saturated heterocycles. The molecule has 0 aliphatic carbocycles. The number of hydrogen-bond donors (Lipinski definition) is 0. The van der Waals surface area contributed by atoms with Crippen LogP contribution in [-0.4, -0.2) is 85.1 Å². The van der Waals surface area contributed by atoms with Crippen molar-refractivity contribution in [3.8, 4) is 5.75 Å². The molecule has 2 fully saturated rings. The minimum atomic E-state index is 0.0418. The molecule has 4 rings (SSSR count). The maximum atomic E-state index is 13.5. The lowest BCUT2D eigenvalue weighted by atomic mass is 9.88. The first-order chi connectivity index (χ1) is 16.0. The van der Waals surface area contributed by atoms with Crippen LogP contribution in [0.1, 0.15) is 24.1 Å². The minimum Gasteiger partial charge on any atom is -0.492 e. The highest BCUT2D eigenvalue weighted by Crippen LogP contribution is 2.27. The van der Waals surface area contributed by atoms with E-state index < -0.39 is 0 Å². The van der Waals surface area contributed by atoms with Crippen molar-refractivity contribution in [2.24, 2.45) is 11.8 Å². The number of nitrogens with zero attached hydrogens (tertiary/aromatic N) is 4. The van der Waals surface area contributed by atoms with E-state index in [0.29, 0.717) is 24.5 Å². The highest BCUT2D eigenvalue weighted by molar-refractivity contribution is 5.79. The van der Waals surface area contributed by atoms with Crippen LogP contribution in [0, 0.1) is 18.8 Å². The second-order valence-electron chi connectivity index (χ2n) is 9.93. The largest absolute Gasteiger partial charge is 0.492 e. The van der Waals surface area contributed by atoms with Crippen LogP contribution >= 0.6 is 0 Å². The van der Waals surface area contributed by atoms with Gasteiger partial charge in [-0.05, 0) is 58.0 Å². The van der Waals surface area contributed by atoms with Gasteiger partial charge in [0.2, 0.25) is 5.91 Å². The number of likely N-dealkylation sites (tertiary alicyclic amines) is 2. The summed E-state index contributed by atoms with van der Waals surface area (Å²) in [6, 6.07) is 15.0. The van der Waals surface area contributed by atoms with E-state index >= 15 is 0 Å². The Balaban J connectivity index is 1.39. The second-order valence-corrected chi connectivity index (χ2v) is 9.93. The van der Waals surface area contributed by atoms with E-state index in [1.165, 1.54) is 5.56 Å². The molecule has 6 nitrogen and oxygen atoms in total. The molecule has 1 aromatic carbocycles. The number of aryl methyl sites for hydroxylation is 1. The molecule has 0 bridgehead atoms. The van der Waals surface area contributed by atoms with Crippen LogP contribution in [0.2, 0.25) is 0 Å². The maximum absolute atomic E-state index is 13.5. The third kappa shape index (κ3) is 6.55. The van der Waals surface area contributed by atoms with Gasteiger partial charge in [-0.1, -0.05) is 30.3 Å². The Hall–Kier alpha value is -2.44. The lowest BCUT2D eigenvalue weighted by molar-refractivity contribution is -0.137. The van der Waals surface area contributed by atoms with Gasteiger partial charge in [0.1, 0.15) is 5.75 Å². The Morgan fingerprint density at radius 3 is 2.64 bits per heavy atom. The van der Waals surface area contributed by atoms with Crippen molar-refractivity contribution in [1.29, 1.82) is 0 Å². The number of piperidine rings is 1. The van der Waals surface area contributed by atoms with Crippen LogP contribution in [-0.2, 0) is 11.2 Å². The first-order valence-electron chi connectivity index (χ1n) is 12.2. The van der Waals surface area contributed by atoms with Crippen molar-refractivity contribution in [2.45, 2.75) is 32.2 Å². The van der Waals surface area contributed by atoms with E-state index in [0.717, 1.165) is 63.4 Å². The van der Waals surface area contributed by atoms with Crippen molar-refractivity contribution in [1.82, 2.24) is 19.7 Å². The zero-order valence-corrected chi connectivity index (χ0v) is 20.3. The Kier molecular flexibility index (Phi) is 7.99. The summed E-state index contributed by atoms with van der Waals surface area (Å²) in [6.45, 7) is 7.10. The summed E-state index contributed by atoms with van der Waals surface area (Å²) in [7, 11) is 4.22. The van der Waals surface area contributed by atoms with Crippen LogP contribution in [0.15, 0.2) is 48.7 Å². The Morgan fingerprint density at radius 2 is 1.94 bits per heavy atom. The van der Waals surface area contributed by atoms with Crippen molar-refractivity contribution in [2.75, 3.05) is 53.4 Å². The highest BCUT2D eigenvalue weighted by Gasteiger charge is 2.36. The van der Waals surface area contributed by atoms with E-state index in [1.807, 2.05) is 19.1 Å². The van der Waals surface area contributed by atoms with Gasteiger partial charge in [0.05, 0.1) is 18.7 Å². The van der Waals surface area contributed by atoms with Gasteiger partial charge in [-0.25, -0.2) is 0 Å². The zero-order valence-electron chi connectivity index (χ0n) is 20.3. The maximum Gasteiger partial charge on any atom is 0.227 e. The number of likely N-dealkylation sites (N-methyl/N-ethyl adjacent to an activating group) is 1. The number of benzene rings is 1. The second kappa shape index (κ2) is 11.1. The third-order valence-electron chi connectivity index (χ3n) is 7.10. The molecular weight excluding hydrogens is 412 g/mol. The average Bonchev–Trinajstić information content (AvgIpc) is 3.33. The van der Waals surface area contributed by atoms with E-state index in [9.17, 15) is 4.79 Å². The fraction of sp³-hybridized carbons (Fsp3) is 0.556. The molecule has 0 radical (unpaired) electrons. The van der Waals surface area contributed by atoms with Gasteiger partial charge in [-0.15, -0.1) is 0 Å². The molecule has 0 N–H and O–H groups in total. The number of pyridine rings is 1. The summed E-state index contributed by atoms with van der Waals surface area (Å²) in [5.41, 5.74) is 2.33. The molecule has 2 aliphatic rings. The molecule has 178 valence electrons. The van der Waals surface area contributed by atoms with Gasteiger partial charge in [0, 0.05) is 50.4 Å². The number of rotatable bonds is 8. The zero-order chi connectivity index (χ0) is 23.2. The molecule has 33 heavy (non-hydrogen) atoms. The summed E-state index contributed by atoms with van der Waals surface area (Å²) in [5, 5.41) is 0. The van der Waals surface area contributed by atoms with E-state index in [2.05, 4.69) is 64.1 Å². The molecule has 1 amide bonds. The lowest BCUT2D eigenvalue weighted by Crippen LogP contribution is -2.49. The van der Waals surface area contributed by atoms with E-state index in [-0.39, 0.29) is 5.92 Å². The molecule has 0 spiro atoms. The molecule has 0 saturated carbocycles. The number of ether oxygens (including phenoxy) is 1. The monoisotopic (exact) mass is 450 g/mol. The summed E-state index contributed by atoms with van der Waals surface area (Å²) in [6.07, 6.45) is 4.75. The normalized spacial score (nSPS) is 23.8. The van der Waals surface area contributed by atoms with Crippen LogP contribution in [0.25, 0.3) is 0 Å². The molecule has 6 heteroatoms. The molecule has 1 unspecified atom stereocenters. The Bertz CT molecular complexity index is 887. The summed E-state index contributed by atoms with van der Waals surface area (Å²) in [4.78, 5) is 24.6. The van der Waals surface area contributed by atoms with Crippen LogP contribution in [0.5, 0.6) is 5.75 Å². The van der Waals surface area contributed by atoms with Crippen molar-refractivity contribution >= 4 is 5.91 Å². The Labute approximate surface area is 198 Å². The van der Waals surface area contributed by atoms with Crippen LogP contribution < -0.4 is 4.74 Å². The van der Waals surface area contributed by atoms with Crippen molar-refractivity contribution < 1.29 is 9.53 Å². The quantitative estimate of drug-likeness (QED) is 0.619. The number of aromatic nitrogens is 1. The van der Waals surface area contributed by atoms with Crippen LogP contribution in [0.4, 0.5) is 0 Å². The van der Waals surface area contributed by atoms with E-state index in [1.54, 1.807) is 6.20 Å². The van der Waals surface area contributed by atoms with Gasteiger partial charge in [-0.3, -0.25) is 9.78 Å². The third-order valence-corrected chi connectivity index (χ3v) is 7.10. The average molecular weight is 451 g/mol. The SMILES string of the molecule is Cc1ccc(OC[C@H]2C[C@@H](C(=O)N3CCC(N(C)C)C3)CN(CCc3ccccc3)C2)cn1. The molecular formula is C27H38N4O2. The van der Waals surface area contributed by atoms with E-state index in [4.69, 9.17) is 4.74 Å². The smallest absolute Gasteiger partial charge is 0.227 e. The molecule has 1 aromatic heterocycles. The predicted molar refractivity (Wildman–Crippen MR) is 131 cm³/mol. The standard InChI is InChI=1S/C27H38N4O2/c1-21-9-10-26(16-28-21)33-20-23-15-24(27(32)31-14-12-25(19-31)29(2)3)18-30(17-23)13-11-22-7-5-4-6-8-22/h4-10,16,23-25H,11-15,17-20H2,1-3H3/t23-,24+,25?/m0/s1. The first kappa shape index (κ1) is 23.7. The van der Waals surface area contributed by atoms with Gasteiger partial charge >= 0.3 is 0 Å². The highest BCUT2D eigenvalue weighted by atomic mass is 16.5.